The molecule has 0 aromatic heterocycles. The van der Waals surface area contributed by atoms with Gasteiger partial charge in [-0.05, 0) is 35.1 Å². The Bertz CT molecular complexity index is 1120. The van der Waals surface area contributed by atoms with Gasteiger partial charge in [-0.15, -0.1) is 0 Å². The molecule has 1 heterocycles. The van der Waals surface area contributed by atoms with Crippen LogP contribution in [0.15, 0.2) is 72.0 Å². The Hall–Kier alpha value is -3.47. The summed E-state index contributed by atoms with van der Waals surface area (Å²) in [4.78, 5) is 23.6. The first-order valence-corrected chi connectivity index (χ1v) is 9.37. The van der Waals surface area contributed by atoms with Crippen molar-refractivity contribution in [2.75, 3.05) is 0 Å². The quantitative estimate of drug-likeness (QED) is 0.613. The molecule has 5 nitrogen and oxygen atoms in total. The molecule has 0 saturated carbocycles. The normalized spacial score (nSPS) is 20.5. The number of rotatable bonds is 2. The molecule has 2 aromatic carbocycles. The van der Waals surface area contributed by atoms with Crippen LogP contribution in [0.25, 0.3) is 11.3 Å². The Morgan fingerprint density at radius 2 is 1.71 bits per heavy atom. The Balaban J connectivity index is 1.72. The second kappa shape index (κ2) is 6.02. The molecular weight excluding hydrogens is 352 g/mol. The van der Waals surface area contributed by atoms with Crippen molar-refractivity contribution in [3.63, 3.8) is 0 Å². The summed E-state index contributed by atoms with van der Waals surface area (Å²) in [5.41, 5.74) is 7.78. The molecule has 1 aliphatic heterocycles. The van der Waals surface area contributed by atoms with Gasteiger partial charge in [-0.25, -0.2) is 0 Å². The van der Waals surface area contributed by atoms with Crippen LogP contribution in [-0.2, 0) is 4.79 Å². The van der Waals surface area contributed by atoms with Crippen LogP contribution in [0, 0.1) is 10.1 Å². The number of hydrogen-bond acceptors (Lipinski definition) is 4. The predicted octanol–water partition coefficient (Wildman–Crippen LogP) is 4.73. The topological polar surface area (TPSA) is 72.2 Å². The van der Waals surface area contributed by atoms with Gasteiger partial charge in [0.15, 0.2) is 5.78 Å². The lowest BCUT2D eigenvalue weighted by atomic mass is 9.74. The van der Waals surface area contributed by atoms with E-state index in [-0.39, 0.29) is 17.4 Å². The van der Waals surface area contributed by atoms with Gasteiger partial charge in [0.05, 0.1) is 10.6 Å². The molecular formula is C23H18N2O3. The van der Waals surface area contributed by atoms with E-state index in [1.165, 1.54) is 12.1 Å². The van der Waals surface area contributed by atoms with Crippen LogP contribution in [-0.4, -0.2) is 10.7 Å². The van der Waals surface area contributed by atoms with Crippen molar-refractivity contribution in [2.24, 2.45) is 0 Å². The fourth-order valence-electron chi connectivity index (χ4n) is 4.60. The minimum atomic E-state index is -0.405. The number of hydrogen-bond donors (Lipinski definition) is 1. The third-order valence-electron chi connectivity index (χ3n) is 5.86. The zero-order valence-electron chi connectivity index (χ0n) is 15.2. The highest BCUT2D eigenvalue weighted by atomic mass is 16.6. The third kappa shape index (κ3) is 2.29. The Kier molecular flexibility index (Phi) is 3.59. The van der Waals surface area contributed by atoms with Crippen LogP contribution in [0.4, 0.5) is 5.69 Å². The highest BCUT2D eigenvalue weighted by Crippen LogP contribution is 2.52. The van der Waals surface area contributed by atoms with Gasteiger partial charge in [0, 0.05) is 41.3 Å². The fraction of sp³-hybridized carbons (Fsp3) is 0.174. The van der Waals surface area contributed by atoms with Crippen molar-refractivity contribution in [1.29, 1.82) is 0 Å². The number of fused-ring (bicyclic) bond motifs is 2. The van der Waals surface area contributed by atoms with E-state index in [2.05, 4.69) is 18.0 Å². The van der Waals surface area contributed by atoms with Crippen molar-refractivity contribution in [2.45, 2.75) is 25.2 Å². The Morgan fingerprint density at radius 3 is 2.43 bits per heavy atom. The molecule has 1 N–H and O–H groups in total. The van der Waals surface area contributed by atoms with E-state index in [0.717, 1.165) is 57.6 Å². The van der Waals surface area contributed by atoms with E-state index in [1.54, 1.807) is 12.1 Å². The number of nitrogens with one attached hydrogen (secondary N) is 1. The maximum Gasteiger partial charge on any atom is 0.269 e. The molecule has 0 radical (unpaired) electrons. The SMILES string of the molecule is C=C1C2=C(NC3=C(C(=O)CCC3)C2c2ccc([N+](=O)[O-])cc2)c2ccccc21. The van der Waals surface area contributed by atoms with Gasteiger partial charge >= 0.3 is 0 Å². The van der Waals surface area contributed by atoms with Crippen LogP contribution in [0.5, 0.6) is 0 Å². The molecule has 1 atom stereocenters. The fourth-order valence-corrected chi connectivity index (χ4v) is 4.60. The van der Waals surface area contributed by atoms with Crippen molar-refractivity contribution >= 4 is 22.7 Å². The van der Waals surface area contributed by atoms with Crippen LogP contribution in [0.2, 0.25) is 0 Å². The number of ketones is 1. The number of nitro groups is 1. The Morgan fingerprint density at radius 1 is 1.00 bits per heavy atom. The molecule has 0 bridgehead atoms. The van der Waals surface area contributed by atoms with Gasteiger partial charge in [0.25, 0.3) is 5.69 Å². The highest BCUT2D eigenvalue weighted by molar-refractivity contribution is 6.07. The lowest BCUT2D eigenvalue weighted by molar-refractivity contribution is -0.384. The summed E-state index contributed by atoms with van der Waals surface area (Å²) in [5.74, 6) is -0.104. The number of dihydropyridines is 1. The minimum absolute atomic E-state index is 0.0459. The number of carbonyl (C=O) groups excluding carboxylic acids is 1. The summed E-state index contributed by atoms with van der Waals surface area (Å²) < 4.78 is 0. The molecule has 3 aliphatic rings. The second-order valence-electron chi connectivity index (χ2n) is 7.39. The van der Waals surface area contributed by atoms with Crippen molar-refractivity contribution < 1.29 is 9.72 Å². The lowest BCUT2D eigenvalue weighted by Gasteiger charge is -2.34. The average Bonchev–Trinajstić information content (AvgIpc) is 2.99. The summed E-state index contributed by atoms with van der Waals surface area (Å²) in [7, 11) is 0. The molecule has 0 amide bonds. The predicted molar refractivity (Wildman–Crippen MR) is 107 cm³/mol. The van der Waals surface area contributed by atoms with Gasteiger partial charge < -0.3 is 5.32 Å². The van der Waals surface area contributed by atoms with Crippen LogP contribution < -0.4 is 5.32 Å². The first-order chi connectivity index (χ1) is 13.6. The monoisotopic (exact) mass is 370 g/mol. The number of non-ortho nitro benzene ring substituents is 1. The number of nitro benzene ring substituents is 1. The average molecular weight is 370 g/mol. The standard InChI is InChI=1S/C23H18N2O3/c1-13-16-5-2-3-6-17(16)23-20(13)21(14-9-11-15(12-10-14)25(27)28)22-18(24-23)7-4-8-19(22)26/h2-3,5-6,9-12,21,24H,1,4,7-8H2. The van der Waals surface area contributed by atoms with Gasteiger partial charge in [0.2, 0.25) is 0 Å². The molecule has 1 unspecified atom stereocenters. The highest BCUT2D eigenvalue weighted by Gasteiger charge is 2.41. The smallest absolute Gasteiger partial charge is 0.269 e. The first kappa shape index (κ1) is 16.7. The molecule has 138 valence electrons. The number of Topliss-reactive ketones (excluding diaryl/α,β-unsaturated/α-hetero) is 1. The summed E-state index contributed by atoms with van der Waals surface area (Å²) in [6.07, 6.45) is 2.20. The number of nitrogens with zero attached hydrogens (tertiary/aromatic N) is 1. The molecule has 2 aliphatic carbocycles. The van der Waals surface area contributed by atoms with Crippen molar-refractivity contribution in [3.8, 4) is 0 Å². The van der Waals surface area contributed by atoms with Gasteiger partial charge in [-0.1, -0.05) is 43.0 Å². The summed E-state index contributed by atoms with van der Waals surface area (Å²) >= 11 is 0. The molecule has 5 rings (SSSR count). The van der Waals surface area contributed by atoms with Crippen molar-refractivity contribution in [1.82, 2.24) is 5.32 Å². The van der Waals surface area contributed by atoms with Crippen molar-refractivity contribution in [3.05, 3.63) is 98.8 Å². The molecule has 5 heteroatoms. The second-order valence-corrected chi connectivity index (χ2v) is 7.39. The molecule has 0 saturated heterocycles. The first-order valence-electron chi connectivity index (χ1n) is 9.37. The third-order valence-corrected chi connectivity index (χ3v) is 5.86. The molecule has 2 aromatic rings. The largest absolute Gasteiger partial charge is 0.358 e. The van der Waals surface area contributed by atoms with Crippen LogP contribution in [0.3, 0.4) is 0 Å². The maximum absolute atomic E-state index is 12.9. The zero-order chi connectivity index (χ0) is 19.4. The van der Waals surface area contributed by atoms with E-state index < -0.39 is 4.92 Å². The number of allylic oxidation sites excluding steroid dienone is 4. The molecule has 28 heavy (non-hydrogen) atoms. The van der Waals surface area contributed by atoms with Crippen LogP contribution in [0.1, 0.15) is 41.9 Å². The van der Waals surface area contributed by atoms with E-state index in [4.69, 9.17) is 0 Å². The maximum atomic E-state index is 12.9. The summed E-state index contributed by atoms with van der Waals surface area (Å²) in [6, 6.07) is 14.7. The summed E-state index contributed by atoms with van der Waals surface area (Å²) in [6.45, 7) is 4.32. The summed E-state index contributed by atoms with van der Waals surface area (Å²) in [5, 5.41) is 14.6. The molecule has 0 fully saturated rings. The molecule has 0 spiro atoms. The minimum Gasteiger partial charge on any atom is -0.358 e. The number of carbonyl (C=O) groups is 1. The zero-order valence-corrected chi connectivity index (χ0v) is 15.2. The lowest BCUT2D eigenvalue weighted by Crippen LogP contribution is -2.30. The van der Waals surface area contributed by atoms with Crippen LogP contribution >= 0.6 is 0 Å². The van der Waals surface area contributed by atoms with E-state index in [0.29, 0.717) is 6.42 Å². The number of benzene rings is 2. The van der Waals surface area contributed by atoms with Gasteiger partial charge in [-0.2, -0.15) is 0 Å². The van der Waals surface area contributed by atoms with E-state index in [9.17, 15) is 14.9 Å². The van der Waals surface area contributed by atoms with E-state index >= 15 is 0 Å². The van der Waals surface area contributed by atoms with E-state index in [1.807, 2.05) is 18.2 Å². The Labute approximate surface area is 162 Å². The van der Waals surface area contributed by atoms with Gasteiger partial charge in [-0.3, -0.25) is 14.9 Å². The van der Waals surface area contributed by atoms with Gasteiger partial charge in [0.1, 0.15) is 0 Å².